The van der Waals surface area contributed by atoms with Crippen molar-refractivity contribution in [2.75, 3.05) is 0 Å². The molecule has 0 saturated heterocycles. The molecule has 1 atom stereocenters. The van der Waals surface area contributed by atoms with Crippen molar-refractivity contribution in [3.05, 3.63) is 77.7 Å². The molecule has 0 saturated carbocycles. The van der Waals surface area contributed by atoms with Crippen molar-refractivity contribution in [2.45, 2.75) is 13.0 Å². The number of aromatic nitrogens is 1. The smallest absolute Gasteiger partial charge is 0.273 e. The summed E-state index contributed by atoms with van der Waals surface area (Å²) in [6.07, 6.45) is 0. The molecule has 1 N–H and O–H groups in total. The van der Waals surface area contributed by atoms with Gasteiger partial charge in [0.2, 0.25) is 0 Å². The quantitative estimate of drug-likeness (QED) is 0.793. The minimum atomic E-state index is -0.423. The van der Waals surface area contributed by atoms with Crippen LogP contribution in [0.15, 0.2) is 65.2 Å². The van der Waals surface area contributed by atoms with E-state index in [1.54, 1.807) is 18.2 Å². The number of carbonyl (C=O) groups excluding carboxylic acids is 1. The number of hydrogen-bond acceptors (Lipinski definition) is 3. The van der Waals surface area contributed by atoms with Gasteiger partial charge in [-0.1, -0.05) is 47.6 Å². The molecule has 0 radical (unpaired) electrons. The van der Waals surface area contributed by atoms with Crippen LogP contribution in [-0.2, 0) is 0 Å². The zero-order valence-electron chi connectivity index (χ0n) is 12.5. The van der Waals surface area contributed by atoms with Gasteiger partial charge >= 0.3 is 0 Å². The summed E-state index contributed by atoms with van der Waals surface area (Å²) in [5, 5.41) is 6.56. The van der Waals surface area contributed by atoms with Crippen molar-refractivity contribution < 1.29 is 13.7 Å². The van der Waals surface area contributed by atoms with Gasteiger partial charge in [0.05, 0.1) is 11.6 Å². The van der Waals surface area contributed by atoms with E-state index in [9.17, 15) is 9.18 Å². The molecule has 1 amide bonds. The molecule has 0 spiro atoms. The van der Waals surface area contributed by atoms with Gasteiger partial charge in [0.25, 0.3) is 5.91 Å². The van der Waals surface area contributed by atoms with Crippen molar-refractivity contribution in [1.29, 1.82) is 0 Å². The third-order valence-electron chi connectivity index (χ3n) is 3.53. The molecule has 5 heteroatoms. The summed E-state index contributed by atoms with van der Waals surface area (Å²) in [5.74, 6) is -0.568. The predicted molar refractivity (Wildman–Crippen MR) is 84.2 cm³/mol. The Morgan fingerprint density at radius 1 is 1.13 bits per heavy atom. The molecule has 0 bridgehead atoms. The SMILES string of the molecule is C[C@H](NC(=O)c1cc(-c2ccccc2F)on1)c1ccccc1. The summed E-state index contributed by atoms with van der Waals surface area (Å²) in [6.45, 7) is 1.88. The molecule has 23 heavy (non-hydrogen) atoms. The summed E-state index contributed by atoms with van der Waals surface area (Å²) < 4.78 is 18.8. The molecule has 2 aromatic carbocycles. The molecule has 0 aliphatic carbocycles. The standard InChI is InChI=1S/C18H15FN2O2/c1-12(13-7-3-2-4-8-13)20-18(22)16-11-17(23-21-16)14-9-5-6-10-15(14)19/h2-12H,1H3,(H,20,22)/t12-/m0/s1. The van der Waals surface area contributed by atoms with Gasteiger partial charge in [0, 0.05) is 6.07 Å². The lowest BCUT2D eigenvalue weighted by atomic mass is 10.1. The van der Waals surface area contributed by atoms with E-state index in [2.05, 4.69) is 10.5 Å². The molecular formula is C18H15FN2O2. The average molecular weight is 310 g/mol. The third-order valence-corrected chi connectivity index (χ3v) is 3.53. The Balaban J connectivity index is 1.75. The second-order valence-corrected chi connectivity index (χ2v) is 5.16. The van der Waals surface area contributed by atoms with Gasteiger partial charge < -0.3 is 9.84 Å². The summed E-state index contributed by atoms with van der Waals surface area (Å²) in [7, 11) is 0. The minimum absolute atomic E-state index is 0.117. The van der Waals surface area contributed by atoms with E-state index in [0.717, 1.165) is 5.56 Å². The van der Waals surface area contributed by atoms with Crippen LogP contribution in [0, 0.1) is 5.82 Å². The molecule has 1 aromatic heterocycles. The lowest BCUT2D eigenvalue weighted by molar-refractivity contribution is 0.0931. The summed E-state index contributed by atoms with van der Waals surface area (Å²) in [4.78, 5) is 12.2. The number of nitrogens with zero attached hydrogens (tertiary/aromatic N) is 1. The first-order valence-electron chi connectivity index (χ1n) is 7.22. The Labute approximate surface area is 132 Å². The van der Waals surface area contributed by atoms with Crippen LogP contribution in [-0.4, -0.2) is 11.1 Å². The van der Waals surface area contributed by atoms with Crippen molar-refractivity contribution in [1.82, 2.24) is 10.5 Å². The first kappa shape index (κ1) is 15.0. The van der Waals surface area contributed by atoms with E-state index >= 15 is 0 Å². The number of benzene rings is 2. The van der Waals surface area contributed by atoms with Crippen molar-refractivity contribution in [3.63, 3.8) is 0 Å². The van der Waals surface area contributed by atoms with Crippen molar-refractivity contribution in [3.8, 4) is 11.3 Å². The molecule has 1 heterocycles. The highest BCUT2D eigenvalue weighted by Crippen LogP contribution is 2.23. The Hall–Kier alpha value is -2.95. The summed E-state index contributed by atoms with van der Waals surface area (Å²) >= 11 is 0. The fraction of sp³-hybridized carbons (Fsp3) is 0.111. The van der Waals surface area contributed by atoms with Gasteiger partial charge in [-0.3, -0.25) is 4.79 Å². The van der Waals surface area contributed by atoms with E-state index in [4.69, 9.17) is 4.52 Å². The monoisotopic (exact) mass is 310 g/mol. The highest BCUT2D eigenvalue weighted by Gasteiger charge is 2.17. The highest BCUT2D eigenvalue weighted by atomic mass is 19.1. The van der Waals surface area contributed by atoms with E-state index in [1.165, 1.54) is 12.1 Å². The fourth-order valence-corrected chi connectivity index (χ4v) is 2.27. The zero-order chi connectivity index (χ0) is 16.2. The minimum Gasteiger partial charge on any atom is -0.355 e. The fourth-order valence-electron chi connectivity index (χ4n) is 2.27. The average Bonchev–Trinajstić information content (AvgIpc) is 3.06. The lowest BCUT2D eigenvalue weighted by Gasteiger charge is -2.12. The van der Waals surface area contributed by atoms with Crippen LogP contribution in [0.2, 0.25) is 0 Å². The van der Waals surface area contributed by atoms with Gasteiger partial charge in [-0.25, -0.2) is 4.39 Å². The van der Waals surface area contributed by atoms with Crippen LogP contribution in [0.1, 0.15) is 29.0 Å². The Morgan fingerprint density at radius 2 is 1.83 bits per heavy atom. The molecule has 0 unspecified atom stereocenters. The largest absolute Gasteiger partial charge is 0.355 e. The van der Waals surface area contributed by atoms with E-state index in [-0.39, 0.29) is 29.0 Å². The van der Waals surface area contributed by atoms with Crippen LogP contribution >= 0.6 is 0 Å². The molecule has 116 valence electrons. The first-order valence-corrected chi connectivity index (χ1v) is 7.22. The first-order chi connectivity index (χ1) is 11.1. The Bertz CT molecular complexity index is 815. The van der Waals surface area contributed by atoms with Gasteiger partial charge in [0.1, 0.15) is 5.82 Å². The van der Waals surface area contributed by atoms with Crippen LogP contribution in [0.25, 0.3) is 11.3 Å². The molecule has 3 aromatic rings. The van der Waals surface area contributed by atoms with Gasteiger partial charge in [-0.15, -0.1) is 0 Å². The number of carbonyl (C=O) groups is 1. The summed E-state index contributed by atoms with van der Waals surface area (Å²) in [5.41, 5.74) is 1.37. The molecule has 0 aliphatic rings. The zero-order valence-corrected chi connectivity index (χ0v) is 12.5. The third kappa shape index (κ3) is 3.29. The predicted octanol–water partition coefficient (Wildman–Crippen LogP) is 3.97. The van der Waals surface area contributed by atoms with Crippen LogP contribution < -0.4 is 5.32 Å². The van der Waals surface area contributed by atoms with E-state index in [0.29, 0.717) is 0 Å². The number of halogens is 1. The molecule has 3 rings (SSSR count). The van der Waals surface area contributed by atoms with Crippen LogP contribution in [0.4, 0.5) is 4.39 Å². The summed E-state index contributed by atoms with van der Waals surface area (Å²) in [6, 6.07) is 17.0. The maximum Gasteiger partial charge on any atom is 0.273 e. The molecular weight excluding hydrogens is 295 g/mol. The van der Waals surface area contributed by atoms with Crippen molar-refractivity contribution >= 4 is 5.91 Å². The lowest BCUT2D eigenvalue weighted by Crippen LogP contribution is -2.26. The second-order valence-electron chi connectivity index (χ2n) is 5.16. The van der Waals surface area contributed by atoms with Gasteiger partial charge in [-0.2, -0.15) is 0 Å². The van der Waals surface area contributed by atoms with E-state index in [1.807, 2.05) is 37.3 Å². The van der Waals surface area contributed by atoms with Gasteiger partial charge in [0.15, 0.2) is 11.5 Å². The maximum absolute atomic E-state index is 13.7. The molecule has 4 nitrogen and oxygen atoms in total. The topological polar surface area (TPSA) is 55.1 Å². The molecule has 0 aliphatic heterocycles. The normalized spacial score (nSPS) is 11.9. The molecule has 0 fully saturated rings. The van der Waals surface area contributed by atoms with Crippen LogP contribution in [0.3, 0.4) is 0 Å². The van der Waals surface area contributed by atoms with Gasteiger partial charge in [-0.05, 0) is 24.6 Å². The highest BCUT2D eigenvalue weighted by molar-refractivity contribution is 5.93. The van der Waals surface area contributed by atoms with Crippen LogP contribution in [0.5, 0.6) is 0 Å². The number of amides is 1. The number of nitrogens with one attached hydrogen (secondary N) is 1. The Kier molecular flexibility index (Phi) is 4.19. The second kappa shape index (κ2) is 6.44. The Morgan fingerprint density at radius 3 is 2.57 bits per heavy atom. The van der Waals surface area contributed by atoms with E-state index < -0.39 is 5.82 Å². The number of rotatable bonds is 4. The number of hydrogen-bond donors (Lipinski definition) is 1. The maximum atomic E-state index is 13.7. The van der Waals surface area contributed by atoms with Crippen molar-refractivity contribution in [2.24, 2.45) is 0 Å².